The van der Waals surface area contributed by atoms with E-state index in [9.17, 15) is 9.59 Å². The molecule has 2 amide bonds. The van der Waals surface area contributed by atoms with Crippen molar-refractivity contribution >= 4 is 46.6 Å². The standard InChI is InChI=1S/C22H25N3O3S/c1-3-4-10-20(26)24-18-13-12-17(15-19(18)28-2)23-22(29)25-21(27)14-11-16-8-6-5-7-9-16/h5-9,11-15H,3-4,10H2,1-2H3,(H,24,26)(H2,23,25,27,29)/b14-11+. The third kappa shape index (κ3) is 7.75. The van der Waals surface area contributed by atoms with E-state index in [2.05, 4.69) is 16.0 Å². The Morgan fingerprint density at radius 1 is 1.10 bits per heavy atom. The van der Waals surface area contributed by atoms with Crippen LogP contribution in [0.15, 0.2) is 54.6 Å². The summed E-state index contributed by atoms with van der Waals surface area (Å²) < 4.78 is 5.35. The van der Waals surface area contributed by atoms with E-state index in [-0.39, 0.29) is 16.9 Å². The van der Waals surface area contributed by atoms with Crippen molar-refractivity contribution in [2.24, 2.45) is 0 Å². The normalized spacial score (nSPS) is 10.4. The quantitative estimate of drug-likeness (QED) is 0.445. The zero-order chi connectivity index (χ0) is 21.1. The lowest BCUT2D eigenvalue weighted by atomic mass is 10.2. The third-order valence-electron chi connectivity index (χ3n) is 3.95. The maximum absolute atomic E-state index is 12.0. The van der Waals surface area contributed by atoms with Crippen LogP contribution in [0.3, 0.4) is 0 Å². The fraction of sp³-hybridized carbons (Fsp3) is 0.227. The van der Waals surface area contributed by atoms with Gasteiger partial charge in [0.2, 0.25) is 11.8 Å². The molecule has 152 valence electrons. The van der Waals surface area contributed by atoms with Gasteiger partial charge in [0.1, 0.15) is 5.75 Å². The number of nitrogens with one attached hydrogen (secondary N) is 3. The summed E-state index contributed by atoms with van der Waals surface area (Å²) >= 11 is 5.19. The van der Waals surface area contributed by atoms with Gasteiger partial charge in [-0.15, -0.1) is 0 Å². The molecule has 0 fully saturated rings. The first-order chi connectivity index (χ1) is 14.0. The van der Waals surface area contributed by atoms with Crippen LogP contribution in [0.1, 0.15) is 31.7 Å². The van der Waals surface area contributed by atoms with Crippen LogP contribution in [0.25, 0.3) is 6.08 Å². The Morgan fingerprint density at radius 2 is 1.86 bits per heavy atom. The van der Waals surface area contributed by atoms with Crippen molar-refractivity contribution in [3.05, 3.63) is 60.2 Å². The molecule has 29 heavy (non-hydrogen) atoms. The summed E-state index contributed by atoms with van der Waals surface area (Å²) in [7, 11) is 1.52. The van der Waals surface area contributed by atoms with Crippen LogP contribution >= 0.6 is 12.2 Å². The topological polar surface area (TPSA) is 79.5 Å². The van der Waals surface area contributed by atoms with Crippen LogP contribution in [-0.4, -0.2) is 24.0 Å². The predicted octanol–water partition coefficient (Wildman–Crippen LogP) is 4.35. The van der Waals surface area contributed by atoms with Crippen LogP contribution in [0.2, 0.25) is 0 Å². The minimum absolute atomic E-state index is 0.0566. The van der Waals surface area contributed by atoms with Gasteiger partial charge in [-0.1, -0.05) is 43.7 Å². The molecule has 0 aliphatic carbocycles. The molecule has 0 spiro atoms. The van der Waals surface area contributed by atoms with Crippen LogP contribution in [0.5, 0.6) is 5.75 Å². The number of thiocarbonyl (C=S) groups is 1. The number of hydrogen-bond donors (Lipinski definition) is 3. The number of ether oxygens (including phenoxy) is 1. The molecule has 0 atom stereocenters. The van der Waals surface area contributed by atoms with Gasteiger partial charge in [0.25, 0.3) is 0 Å². The van der Waals surface area contributed by atoms with E-state index in [4.69, 9.17) is 17.0 Å². The molecule has 0 unspecified atom stereocenters. The highest BCUT2D eigenvalue weighted by atomic mass is 32.1. The summed E-state index contributed by atoms with van der Waals surface area (Å²) in [4.78, 5) is 23.9. The second-order valence-electron chi connectivity index (χ2n) is 6.25. The molecule has 7 heteroatoms. The lowest BCUT2D eigenvalue weighted by Gasteiger charge is -2.13. The molecule has 0 saturated heterocycles. The molecule has 6 nitrogen and oxygen atoms in total. The molecule has 3 N–H and O–H groups in total. The van der Waals surface area contributed by atoms with Gasteiger partial charge in [0.05, 0.1) is 12.8 Å². The number of carbonyl (C=O) groups excluding carboxylic acids is 2. The number of hydrogen-bond acceptors (Lipinski definition) is 4. The average Bonchev–Trinajstić information content (AvgIpc) is 2.72. The van der Waals surface area contributed by atoms with Crippen molar-refractivity contribution in [3.8, 4) is 5.75 Å². The molecule has 2 aromatic rings. The molecule has 2 aromatic carbocycles. The fourth-order valence-corrected chi connectivity index (χ4v) is 2.69. The van der Waals surface area contributed by atoms with E-state index in [1.54, 1.807) is 24.3 Å². The highest BCUT2D eigenvalue weighted by molar-refractivity contribution is 7.80. The van der Waals surface area contributed by atoms with Gasteiger partial charge < -0.3 is 15.4 Å². The Hall–Kier alpha value is -3.19. The van der Waals surface area contributed by atoms with Crippen molar-refractivity contribution in [2.75, 3.05) is 17.7 Å². The highest BCUT2D eigenvalue weighted by Crippen LogP contribution is 2.28. The predicted molar refractivity (Wildman–Crippen MR) is 121 cm³/mol. The summed E-state index contributed by atoms with van der Waals surface area (Å²) in [6.45, 7) is 2.04. The molecule has 0 aliphatic rings. The van der Waals surface area contributed by atoms with Gasteiger partial charge >= 0.3 is 0 Å². The van der Waals surface area contributed by atoms with Gasteiger partial charge in [-0.25, -0.2) is 0 Å². The lowest BCUT2D eigenvalue weighted by Crippen LogP contribution is -2.32. The Bertz CT molecular complexity index is 882. The monoisotopic (exact) mass is 411 g/mol. The first-order valence-corrected chi connectivity index (χ1v) is 9.75. The Labute approximate surface area is 176 Å². The molecule has 0 aromatic heterocycles. The molecule has 2 rings (SSSR count). The molecule has 0 saturated carbocycles. The van der Waals surface area contributed by atoms with Gasteiger partial charge in [-0.3, -0.25) is 14.9 Å². The molecular weight excluding hydrogens is 386 g/mol. The number of methoxy groups -OCH3 is 1. The van der Waals surface area contributed by atoms with Gasteiger partial charge in [-0.05, 0) is 42.4 Å². The van der Waals surface area contributed by atoms with Gasteiger partial charge in [0.15, 0.2) is 5.11 Å². The molecule has 0 heterocycles. The maximum atomic E-state index is 12.0. The summed E-state index contributed by atoms with van der Waals surface area (Å²) in [6.07, 6.45) is 5.37. The highest BCUT2D eigenvalue weighted by Gasteiger charge is 2.09. The second kappa shape index (κ2) is 11.6. The second-order valence-corrected chi connectivity index (χ2v) is 6.66. The van der Waals surface area contributed by atoms with Crippen LogP contribution < -0.4 is 20.7 Å². The fourth-order valence-electron chi connectivity index (χ4n) is 2.47. The molecule has 0 bridgehead atoms. The largest absolute Gasteiger partial charge is 0.494 e. The van der Waals surface area contributed by atoms with Crippen LogP contribution in [0, 0.1) is 0 Å². The number of carbonyl (C=O) groups is 2. The Balaban J connectivity index is 1.93. The average molecular weight is 412 g/mol. The van der Waals surface area contributed by atoms with Crippen molar-refractivity contribution in [2.45, 2.75) is 26.2 Å². The minimum atomic E-state index is -0.335. The number of amides is 2. The van der Waals surface area contributed by atoms with Crippen LogP contribution in [0.4, 0.5) is 11.4 Å². The van der Waals surface area contributed by atoms with E-state index in [1.165, 1.54) is 13.2 Å². The summed E-state index contributed by atoms with van der Waals surface area (Å²) in [5, 5.41) is 8.52. The number of unbranched alkanes of at least 4 members (excludes halogenated alkanes) is 1. The van der Waals surface area contributed by atoms with E-state index in [0.717, 1.165) is 18.4 Å². The van der Waals surface area contributed by atoms with Crippen molar-refractivity contribution in [1.29, 1.82) is 0 Å². The first-order valence-electron chi connectivity index (χ1n) is 9.34. The van der Waals surface area contributed by atoms with Crippen molar-refractivity contribution < 1.29 is 14.3 Å². The van der Waals surface area contributed by atoms with Gasteiger partial charge in [0, 0.05) is 24.3 Å². The lowest BCUT2D eigenvalue weighted by molar-refractivity contribution is -0.116. The van der Waals surface area contributed by atoms with Gasteiger partial charge in [-0.2, -0.15) is 0 Å². The van der Waals surface area contributed by atoms with E-state index in [1.807, 2.05) is 37.3 Å². The summed E-state index contributed by atoms with van der Waals surface area (Å²) in [5.41, 5.74) is 2.13. The SMILES string of the molecule is CCCCC(=O)Nc1ccc(NC(=S)NC(=O)/C=C/c2ccccc2)cc1OC. The van der Waals surface area contributed by atoms with E-state index >= 15 is 0 Å². The maximum Gasteiger partial charge on any atom is 0.250 e. The first kappa shape index (κ1) is 22.1. The van der Waals surface area contributed by atoms with E-state index < -0.39 is 0 Å². The summed E-state index contributed by atoms with van der Waals surface area (Å²) in [5.74, 6) is 0.106. The van der Waals surface area contributed by atoms with Crippen molar-refractivity contribution in [1.82, 2.24) is 5.32 Å². The molecule has 0 radical (unpaired) electrons. The zero-order valence-electron chi connectivity index (χ0n) is 16.5. The Kier molecular flexibility index (Phi) is 8.85. The van der Waals surface area contributed by atoms with Crippen LogP contribution in [-0.2, 0) is 9.59 Å². The summed E-state index contributed by atoms with van der Waals surface area (Å²) in [6, 6.07) is 14.7. The number of anilines is 2. The zero-order valence-corrected chi connectivity index (χ0v) is 17.3. The van der Waals surface area contributed by atoms with E-state index in [0.29, 0.717) is 23.5 Å². The number of benzene rings is 2. The van der Waals surface area contributed by atoms with Crippen molar-refractivity contribution in [3.63, 3.8) is 0 Å². The number of rotatable bonds is 8. The third-order valence-corrected chi connectivity index (χ3v) is 4.16. The Morgan fingerprint density at radius 3 is 2.55 bits per heavy atom. The molecule has 0 aliphatic heterocycles. The molecular formula is C22H25N3O3S. The smallest absolute Gasteiger partial charge is 0.250 e. The minimum Gasteiger partial charge on any atom is -0.494 e.